The molecule has 0 heterocycles. The Morgan fingerprint density at radius 2 is 1.78 bits per heavy atom. The van der Waals surface area contributed by atoms with Crippen LogP contribution in [0.4, 0.5) is 0 Å². The molecule has 0 radical (unpaired) electrons. The van der Waals surface area contributed by atoms with Crippen LogP contribution in [0.3, 0.4) is 0 Å². The maximum Gasteiger partial charge on any atom is 0.167 e. The molecule has 0 aliphatic heterocycles. The molecular weight excluding hydrogens is 246 g/mol. The van der Waals surface area contributed by atoms with Gasteiger partial charge >= 0.3 is 0 Å². The van der Waals surface area contributed by atoms with Crippen molar-refractivity contribution in [1.29, 1.82) is 5.26 Å². The predicted molar refractivity (Wildman–Crippen MR) is 72.5 cm³/mol. The highest BCUT2D eigenvalue weighted by Gasteiger charge is 2.41. The van der Waals surface area contributed by atoms with Crippen molar-refractivity contribution in [3.05, 3.63) is 29.8 Å². The average Bonchev–Trinajstić information content (AvgIpc) is 2.36. The van der Waals surface area contributed by atoms with E-state index in [2.05, 4.69) is 0 Å². The second-order valence-electron chi connectivity index (χ2n) is 4.84. The minimum atomic E-state index is -1.57. The first kappa shape index (κ1) is 14.9. The number of hydrogen-bond acceptors (Lipinski definition) is 3. The second-order valence-corrected chi connectivity index (χ2v) is 6.62. The topological polar surface area (TPSA) is 61.1 Å². The molecule has 4 heteroatoms. The van der Waals surface area contributed by atoms with Crippen molar-refractivity contribution in [2.24, 2.45) is 5.92 Å². The Morgan fingerprint density at radius 1 is 1.28 bits per heavy atom. The maximum atomic E-state index is 12.4. The summed E-state index contributed by atoms with van der Waals surface area (Å²) in [5.41, 5.74) is -0.488. The molecule has 0 spiro atoms. The summed E-state index contributed by atoms with van der Waals surface area (Å²) in [5.74, 6) is -0.271. The van der Waals surface area contributed by atoms with Gasteiger partial charge in [-0.2, -0.15) is 5.26 Å². The van der Waals surface area contributed by atoms with Crippen molar-refractivity contribution in [3.8, 4) is 6.07 Å². The van der Waals surface area contributed by atoms with Crippen LogP contribution in [-0.4, -0.2) is 20.2 Å². The monoisotopic (exact) mass is 265 g/mol. The van der Waals surface area contributed by atoms with Crippen molar-refractivity contribution in [2.75, 3.05) is 0 Å². The lowest BCUT2D eigenvalue weighted by atomic mass is 9.89. The smallest absolute Gasteiger partial charge is 0.167 e. The molecule has 0 fully saturated rings. The molecule has 0 saturated heterocycles. The molecule has 0 aliphatic carbocycles. The van der Waals surface area contributed by atoms with Gasteiger partial charge in [0.05, 0.1) is 22.1 Å². The van der Waals surface area contributed by atoms with E-state index in [9.17, 15) is 9.32 Å². The van der Waals surface area contributed by atoms with Gasteiger partial charge in [-0.1, -0.05) is 31.5 Å². The lowest BCUT2D eigenvalue weighted by molar-refractivity contribution is 0.0517. The summed E-state index contributed by atoms with van der Waals surface area (Å²) in [7, 11) is -1.40. The van der Waals surface area contributed by atoms with Gasteiger partial charge in [-0.05, 0) is 31.9 Å². The molecule has 1 N–H and O–H groups in total. The van der Waals surface area contributed by atoms with E-state index >= 15 is 0 Å². The number of nitrogens with zero attached hydrogens (tertiary/aromatic N) is 1. The van der Waals surface area contributed by atoms with Crippen LogP contribution in [0.1, 0.15) is 26.3 Å². The molecule has 1 aromatic rings. The van der Waals surface area contributed by atoms with E-state index in [0.717, 1.165) is 5.56 Å². The quantitative estimate of drug-likeness (QED) is 0.850. The van der Waals surface area contributed by atoms with E-state index in [1.807, 2.05) is 25.1 Å². The largest absolute Gasteiger partial charge is 0.374 e. The van der Waals surface area contributed by atoms with Crippen LogP contribution >= 0.6 is 0 Å². The maximum absolute atomic E-state index is 12.4. The summed E-state index contributed by atoms with van der Waals surface area (Å²) in [4.78, 5) is 0.641. The fraction of sp³-hybridized carbons (Fsp3) is 0.500. The zero-order chi connectivity index (χ0) is 13.9. The molecule has 3 atom stereocenters. The fourth-order valence-corrected chi connectivity index (χ4v) is 3.19. The molecule has 0 saturated carbocycles. The van der Waals surface area contributed by atoms with Crippen molar-refractivity contribution < 1.29 is 9.32 Å². The normalized spacial score (nSPS) is 17.8. The summed E-state index contributed by atoms with van der Waals surface area (Å²) in [6, 6.07) is 9.21. The van der Waals surface area contributed by atoms with Crippen molar-refractivity contribution in [2.45, 2.75) is 43.4 Å². The molecule has 0 amide bonds. The standard InChI is InChI=1S/C14H19NO2S/c1-10(2)14(16,9-15)12(4)18(17)13-7-5-11(3)6-8-13/h5-8,10,12,16H,1-4H3/t12?,14-,18?/m1/s1. The summed E-state index contributed by atoms with van der Waals surface area (Å²) < 4.78 is 12.4. The minimum absolute atomic E-state index is 0.271. The molecule has 0 bridgehead atoms. The molecule has 1 aromatic carbocycles. The molecule has 0 aromatic heterocycles. The summed E-state index contributed by atoms with van der Waals surface area (Å²) in [5, 5.41) is 18.8. The lowest BCUT2D eigenvalue weighted by Crippen LogP contribution is -2.46. The lowest BCUT2D eigenvalue weighted by Gasteiger charge is -2.30. The third-order valence-corrected chi connectivity index (χ3v) is 4.99. The van der Waals surface area contributed by atoms with Crippen LogP contribution in [0.2, 0.25) is 0 Å². The van der Waals surface area contributed by atoms with Gasteiger partial charge in [0.2, 0.25) is 0 Å². The zero-order valence-corrected chi connectivity index (χ0v) is 12.0. The van der Waals surface area contributed by atoms with Crippen LogP contribution in [0.15, 0.2) is 29.2 Å². The Balaban J connectivity index is 3.04. The summed E-state index contributed by atoms with van der Waals surface area (Å²) in [6.45, 7) is 7.12. The van der Waals surface area contributed by atoms with E-state index in [1.165, 1.54) is 0 Å². The van der Waals surface area contributed by atoms with Gasteiger partial charge < -0.3 is 5.11 Å². The van der Waals surface area contributed by atoms with Crippen LogP contribution < -0.4 is 0 Å². The molecular formula is C14H19NO2S. The number of aliphatic hydroxyl groups is 1. The first-order valence-electron chi connectivity index (χ1n) is 5.93. The van der Waals surface area contributed by atoms with Crippen LogP contribution in [0.5, 0.6) is 0 Å². The van der Waals surface area contributed by atoms with Gasteiger partial charge in [-0.25, -0.2) is 0 Å². The van der Waals surface area contributed by atoms with Crippen molar-refractivity contribution in [3.63, 3.8) is 0 Å². The zero-order valence-electron chi connectivity index (χ0n) is 11.2. The highest BCUT2D eigenvalue weighted by atomic mass is 32.2. The highest BCUT2D eigenvalue weighted by molar-refractivity contribution is 7.85. The molecule has 98 valence electrons. The number of aryl methyl sites for hydroxylation is 1. The minimum Gasteiger partial charge on any atom is -0.374 e. The second kappa shape index (κ2) is 5.64. The first-order chi connectivity index (χ1) is 8.32. The summed E-state index contributed by atoms with van der Waals surface area (Å²) >= 11 is 0. The van der Waals surface area contributed by atoms with Crippen molar-refractivity contribution in [1.82, 2.24) is 0 Å². The average molecular weight is 265 g/mol. The first-order valence-corrected chi connectivity index (χ1v) is 7.15. The fourth-order valence-electron chi connectivity index (χ4n) is 1.73. The Bertz CT molecular complexity index is 476. The van der Waals surface area contributed by atoms with Crippen LogP contribution in [-0.2, 0) is 10.8 Å². The number of hydrogen-bond donors (Lipinski definition) is 1. The van der Waals surface area contributed by atoms with E-state index in [0.29, 0.717) is 4.90 Å². The SMILES string of the molecule is Cc1ccc(S(=O)C(C)[C@@](O)(C#N)C(C)C)cc1. The molecule has 0 aliphatic rings. The Morgan fingerprint density at radius 3 is 2.17 bits per heavy atom. The third-order valence-electron chi connectivity index (χ3n) is 3.25. The summed E-state index contributed by atoms with van der Waals surface area (Å²) in [6.07, 6.45) is 0. The van der Waals surface area contributed by atoms with Gasteiger partial charge in [0, 0.05) is 4.90 Å². The molecule has 3 nitrogen and oxygen atoms in total. The van der Waals surface area contributed by atoms with E-state index in [-0.39, 0.29) is 5.92 Å². The van der Waals surface area contributed by atoms with Gasteiger partial charge in [0.25, 0.3) is 0 Å². The highest BCUT2D eigenvalue weighted by Crippen LogP contribution is 2.27. The van der Waals surface area contributed by atoms with Gasteiger partial charge in [0.1, 0.15) is 0 Å². The Labute approximate surface area is 111 Å². The molecule has 1 rings (SSSR count). The predicted octanol–water partition coefficient (Wildman–Crippen LogP) is 2.40. The van der Waals surface area contributed by atoms with Crippen molar-refractivity contribution >= 4 is 10.8 Å². The number of rotatable bonds is 4. The van der Waals surface area contributed by atoms with E-state index < -0.39 is 21.7 Å². The number of nitriles is 1. The van der Waals surface area contributed by atoms with Gasteiger partial charge in [-0.3, -0.25) is 4.21 Å². The van der Waals surface area contributed by atoms with E-state index in [1.54, 1.807) is 32.9 Å². The van der Waals surface area contributed by atoms with Crippen LogP contribution in [0, 0.1) is 24.2 Å². The Kier molecular flexibility index (Phi) is 4.66. The van der Waals surface area contributed by atoms with Crippen LogP contribution in [0.25, 0.3) is 0 Å². The third kappa shape index (κ3) is 2.80. The van der Waals surface area contributed by atoms with Gasteiger partial charge in [-0.15, -0.1) is 0 Å². The number of benzene rings is 1. The van der Waals surface area contributed by atoms with E-state index in [4.69, 9.17) is 5.26 Å². The Hall–Kier alpha value is -1.18. The molecule has 18 heavy (non-hydrogen) atoms. The van der Waals surface area contributed by atoms with Gasteiger partial charge in [0.15, 0.2) is 5.60 Å². The molecule has 2 unspecified atom stereocenters.